The molecular formula is C12H21N5S. The molecule has 1 aliphatic heterocycles. The molecule has 6 heteroatoms. The van der Waals surface area contributed by atoms with Crippen LogP contribution in [0.25, 0.3) is 0 Å². The van der Waals surface area contributed by atoms with Crippen LogP contribution in [0.4, 0.5) is 11.6 Å². The monoisotopic (exact) mass is 267 g/mol. The Morgan fingerprint density at radius 2 is 2.06 bits per heavy atom. The van der Waals surface area contributed by atoms with E-state index in [-0.39, 0.29) is 0 Å². The highest BCUT2D eigenvalue weighted by Crippen LogP contribution is 2.21. The molecule has 1 aliphatic rings. The molecule has 1 saturated heterocycles. The van der Waals surface area contributed by atoms with Gasteiger partial charge in [-0.3, -0.25) is 0 Å². The lowest BCUT2D eigenvalue weighted by atomic mass is 10.4. The van der Waals surface area contributed by atoms with Gasteiger partial charge in [0.2, 0.25) is 0 Å². The number of hydrogen-bond donors (Lipinski definition) is 1. The van der Waals surface area contributed by atoms with Crippen LogP contribution in [0.3, 0.4) is 0 Å². The summed E-state index contributed by atoms with van der Waals surface area (Å²) in [4.78, 5) is 13.7. The Labute approximate surface area is 113 Å². The van der Waals surface area contributed by atoms with E-state index in [1.165, 1.54) is 6.42 Å². The Bertz CT molecular complexity index is 376. The molecule has 1 N–H and O–H groups in total. The number of anilines is 2. The fourth-order valence-corrected chi connectivity index (χ4v) is 2.44. The average molecular weight is 267 g/mol. The van der Waals surface area contributed by atoms with Crippen molar-refractivity contribution < 1.29 is 0 Å². The van der Waals surface area contributed by atoms with E-state index >= 15 is 0 Å². The maximum Gasteiger partial charge on any atom is 0.191 e. The molecule has 1 aromatic heterocycles. The third-order valence-corrected chi connectivity index (χ3v) is 3.72. The second kappa shape index (κ2) is 6.24. The van der Waals surface area contributed by atoms with Crippen LogP contribution >= 0.6 is 11.8 Å². The highest BCUT2D eigenvalue weighted by Gasteiger charge is 2.15. The normalized spacial score (nSPS) is 17.6. The molecule has 2 rings (SSSR count). The summed E-state index contributed by atoms with van der Waals surface area (Å²) in [5.74, 6) is 1.93. The molecule has 18 heavy (non-hydrogen) atoms. The number of hydrogen-bond acceptors (Lipinski definition) is 6. The fraction of sp³-hybridized carbons (Fsp3) is 0.667. The van der Waals surface area contributed by atoms with Crippen molar-refractivity contribution in [2.24, 2.45) is 0 Å². The van der Waals surface area contributed by atoms with Gasteiger partial charge in [-0.25, -0.2) is 9.97 Å². The molecule has 2 heterocycles. The molecular weight excluding hydrogens is 246 g/mol. The lowest BCUT2D eigenvalue weighted by molar-refractivity contribution is 0.360. The number of aromatic nitrogens is 2. The van der Waals surface area contributed by atoms with Gasteiger partial charge in [-0.2, -0.15) is 0 Å². The van der Waals surface area contributed by atoms with E-state index in [2.05, 4.69) is 32.1 Å². The maximum atomic E-state index is 4.61. The Hall–Kier alpha value is -1.01. The summed E-state index contributed by atoms with van der Waals surface area (Å²) < 4.78 is 0. The second-order valence-electron chi connectivity index (χ2n) is 4.49. The second-order valence-corrected chi connectivity index (χ2v) is 5.27. The van der Waals surface area contributed by atoms with Gasteiger partial charge in [0, 0.05) is 32.7 Å². The molecule has 5 nitrogen and oxygen atoms in total. The van der Waals surface area contributed by atoms with Gasteiger partial charge in [0.25, 0.3) is 0 Å². The quantitative estimate of drug-likeness (QED) is 0.659. The number of nitrogens with one attached hydrogen (secondary N) is 1. The van der Waals surface area contributed by atoms with Crippen LogP contribution < -0.4 is 10.2 Å². The molecule has 0 atom stereocenters. The van der Waals surface area contributed by atoms with Crippen molar-refractivity contribution in [2.75, 3.05) is 56.7 Å². The van der Waals surface area contributed by atoms with Crippen LogP contribution in [0.5, 0.6) is 0 Å². The summed E-state index contributed by atoms with van der Waals surface area (Å²) in [7, 11) is 4.07. The lowest BCUT2D eigenvalue weighted by Crippen LogP contribution is -2.29. The van der Waals surface area contributed by atoms with E-state index in [9.17, 15) is 0 Å². The molecule has 100 valence electrons. The summed E-state index contributed by atoms with van der Waals surface area (Å²) in [5, 5.41) is 3.93. The van der Waals surface area contributed by atoms with Crippen molar-refractivity contribution in [3.63, 3.8) is 0 Å². The van der Waals surface area contributed by atoms with Gasteiger partial charge in [0.05, 0.1) is 0 Å². The molecule has 1 aromatic rings. The van der Waals surface area contributed by atoms with Crippen LogP contribution in [-0.4, -0.2) is 61.4 Å². The lowest BCUT2D eigenvalue weighted by Gasteiger charge is -2.22. The van der Waals surface area contributed by atoms with Crippen molar-refractivity contribution in [1.29, 1.82) is 0 Å². The highest BCUT2D eigenvalue weighted by molar-refractivity contribution is 7.98. The summed E-state index contributed by atoms with van der Waals surface area (Å²) in [6.07, 6.45) is 3.19. The van der Waals surface area contributed by atoms with E-state index < -0.39 is 0 Å². The first-order chi connectivity index (χ1) is 8.72. The third-order valence-electron chi connectivity index (χ3n) is 3.17. The first-order valence-corrected chi connectivity index (χ1v) is 7.49. The number of rotatable bonds is 3. The SMILES string of the molecule is CNc1cc(N2CCCN(C)CC2)nc(SC)n1. The molecule has 0 aromatic carbocycles. The smallest absolute Gasteiger partial charge is 0.191 e. The van der Waals surface area contributed by atoms with Crippen molar-refractivity contribution in [3.8, 4) is 0 Å². The zero-order valence-corrected chi connectivity index (χ0v) is 12.1. The number of nitrogens with zero attached hydrogens (tertiary/aromatic N) is 4. The fourth-order valence-electron chi connectivity index (χ4n) is 2.07. The Morgan fingerprint density at radius 3 is 2.78 bits per heavy atom. The van der Waals surface area contributed by atoms with E-state index in [0.29, 0.717) is 0 Å². The highest BCUT2D eigenvalue weighted by atomic mass is 32.2. The molecule has 0 amide bonds. The van der Waals surface area contributed by atoms with Crippen molar-refractivity contribution >= 4 is 23.4 Å². The Morgan fingerprint density at radius 1 is 1.22 bits per heavy atom. The molecule has 0 spiro atoms. The van der Waals surface area contributed by atoms with Crippen LogP contribution in [0.15, 0.2) is 11.2 Å². The van der Waals surface area contributed by atoms with Gasteiger partial charge < -0.3 is 15.1 Å². The van der Waals surface area contributed by atoms with Gasteiger partial charge in [-0.05, 0) is 26.3 Å². The first-order valence-electron chi connectivity index (χ1n) is 6.27. The average Bonchev–Trinajstić information content (AvgIpc) is 2.63. The molecule has 0 radical (unpaired) electrons. The summed E-state index contributed by atoms with van der Waals surface area (Å²) >= 11 is 1.58. The first kappa shape index (κ1) is 13.4. The Balaban J connectivity index is 2.20. The summed E-state index contributed by atoms with van der Waals surface area (Å²) in [6.45, 7) is 4.35. The molecule has 0 unspecified atom stereocenters. The minimum atomic E-state index is 0.828. The van der Waals surface area contributed by atoms with Crippen molar-refractivity contribution in [2.45, 2.75) is 11.6 Å². The van der Waals surface area contributed by atoms with E-state index in [0.717, 1.165) is 43.0 Å². The molecule has 0 aliphatic carbocycles. The van der Waals surface area contributed by atoms with Crippen LogP contribution in [0.2, 0.25) is 0 Å². The third kappa shape index (κ3) is 3.26. The Kier molecular flexibility index (Phi) is 4.66. The van der Waals surface area contributed by atoms with E-state index in [1.54, 1.807) is 11.8 Å². The zero-order chi connectivity index (χ0) is 13.0. The zero-order valence-electron chi connectivity index (χ0n) is 11.3. The number of thioether (sulfide) groups is 1. The minimum Gasteiger partial charge on any atom is -0.373 e. The van der Waals surface area contributed by atoms with E-state index in [4.69, 9.17) is 0 Å². The maximum absolute atomic E-state index is 4.61. The van der Waals surface area contributed by atoms with Gasteiger partial charge in [0.1, 0.15) is 11.6 Å². The minimum absolute atomic E-state index is 0.828. The standard InChI is InChI=1S/C12H21N5S/c1-13-10-9-11(15-12(14-10)18-3)17-6-4-5-16(2)7-8-17/h9H,4-8H2,1-3H3,(H,13,14,15). The summed E-state index contributed by atoms with van der Waals surface area (Å²) in [5.41, 5.74) is 0. The summed E-state index contributed by atoms with van der Waals surface area (Å²) in [6, 6.07) is 2.03. The predicted molar refractivity (Wildman–Crippen MR) is 77.7 cm³/mol. The van der Waals surface area contributed by atoms with Gasteiger partial charge in [-0.1, -0.05) is 11.8 Å². The van der Waals surface area contributed by atoms with Gasteiger partial charge >= 0.3 is 0 Å². The molecule has 0 saturated carbocycles. The van der Waals surface area contributed by atoms with Crippen LogP contribution in [0, 0.1) is 0 Å². The predicted octanol–water partition coefficient (Wildman–Crippen LogP) is 1.38. The van der Waals surface area contributed by atoms with Crippen LogP contribution in [0.1, 0.15) is 6.42 Å². The van der Waals surface area contributed by atoms with Gasteiger partial charge in [0.15, 0.2) is 5.16 Å². The van der Waals surface area contributed by atoms with E-state index in [1.807, 2.05) is 19.4 Å². The number of likely N-dealkylation sites (N-methyl/N-ethyl adjacent to an activating group) is 1. The van der Waals surface area contributed by atoms with Crippen LogP contribution in [-0.2, 0) is 0 Å². The van der Waals surface area contributed by atoms with Crippen molar-refractivity contribution in [3.05, 3.63) is 6.07 Å². The van der Waals surface area contributed by atoms with Gasteiger partial charge in [-0.15, -0.1) is 0 Å². The largest absolute Gasteiger partial charge is 0.373 e. The molecule has 1 fully saturated rings. The van der Waals surface area contributed by atoms with Crippen molar-refractivity contribution in [1.82, 2.24) is 14.9 Å². The topological polar surface area (TPSA) is 44.3 Å². The molecule has 0 bridgehead atoms.